The number of pyridine rings is 1. The average molecular weight is 2090 g/mol. The van der Waals surface area contributed by atoms with E-state index in [2.05, 4.69) is 20.9 Å². The minimum absolute atomic E-state index is 0.132. The SMILES string of the molecule is CC(C)(C)N1CC(c2cc(Br)cc(C(F)(F)F)c2)OC1=O.CC(C)(C)N1CC(c2ccc(C(F)(F)F)cc2)OC1=O.CC(C)(C)N1CC(c2cccc(C(F)(F)F)c2)OC1=O.CC(C)(C)N1CC(c2ccccc2Cl)OC1=O.CC(C)(C)N1CC(c2cccnc2)OC1=O.CC(C)(C)N1C[C@@H](c2ccccc2)OC1=O.CC(C)(C)N1C[C@H](c2ccccc2)OC1=O.Cc1ccccc1C1CN(C(C)(C)C)C(=O)O1. The molecule has 8 atom stereocenters. The Morgan fingerprint density at radius 1 is 0.266 bits per heavy atom. The number of halogens is 11. The fraction of sp³-hybridized carbons (Fsp3) is 0.486. The summed E-state index contributed by atoms with van der Waals surface area (Å²) in [4.78, 5) is 111. The van der Waals surface area contributed by atoms with Gasteiger partial charge in [0.15, 0.2) is 0 Å². The van der Waals surface area contributed by atoms with Crippen LogP contribution in [0.4, 0.5) is 77.9 Å². The van der Waals surface area contributed by atoms with Crippen LogP contribution in [0.1, 0.15) is 282 Å². The Balaban J connectivity index is 0.000000183. The van der Waals surface area contributed by atoms with Gasteiger partial charge in [0.1, 0.15) is 48.8 Å². The van der Waals surface area contributed by atoms with E-state index in [9.17, 15) is 77.9 Å². The second-order valence-corrected chi connectivity index (χ2v) is 44.6. The summed E-state index contributed by atoms with van der Waals surface area (Å²) in [6.07, 6.45) is -15.1. The van der Waals surface area contributed by atoms with Gasteiger partial charge in [-0.05, 0) is 267 Å². The zero-order chi connectivity index (χ0) is 107. The zero-order valence-electron chi connectivity index (χ0n) is 85.5. The Labute approximate surface area is 845 Å². The number of cyclic esters (lactones) is 8. The van der Waals surface area contributed by atoms with Crippen molar-refractivity contribution in [3.63, 3.8) is 0 Å². The monoisotopic (exact) mass is 2080 g/mol. The van der Waals surface area contributed by atoms with Crippen LogP contribution in [0.15, 0.2) is 205 Å². The van der Waals surface area contributed by atoms with Crippen LogP contribution in [-0.2, 0) is 56.4 Å². The number of aromatic nitrogens is 1. The van der Waals surface area contributed by atoms with Crippen molar-refractivity contribution in [2.24, 2.45) is 0 Å². The zero-order valence-corrected chi connectivity index (χ0v) is 87.9. The summed E-state index contributed by atoms with van der Waals surface area (Å²) in [6, 6.07) is 52.2. The van der Waals surface area contributed by atoms with E-state index in [1.54, 1.807) is 53.9 Å². The number of carbonyl (C=O) groups excluding carboxylic acids is 8. The molecule has 778 valence electrons. The molecule has 0 aliphatic carbocycles. The van der Waals surface area contributed by atoms with Crippen LogP contribution < -0.4 is 0 Å². The highest BCUT2D eigenvalue weighted by atomic mass is 79.9. The lowest BCUT2D eigenvalue weighted by Gasteiger charge is -2.29. The Kier molecular flexibility index (Phi) is 36.5. The molecule has 36 heteroatoms. The predicted octanol–water partition coefficient (Wildman–Crippen LogP) is 28.0. The number of rotatable bonds is 8. The molecule has 7 aromatic carbocycles. The number of nitrogens with zero attached hydrogens (tertiary/aromatic N) is 9. The molecule has 0 radical (unpaired) electrons. The van der Waals surface area contributed by atoms with E-state index in [1.807, 2.05) is 294 Å². The fourth-order valence-electron chi connectivity index (χ4n) is 15.8. The highest BCUT2D eigenvalue weighted by molar-refractivity contribution is 9.10. The summed E-state index contributed by atoms with van der Waals surface area (Å²) in [5, 5.41) is 0.640. The summed E-state index contributed by atoms with van der Waals surface area (Å²) >= 11 is 9.17. The highest BCUT2D eigenvalue weighted by Gasteiger charge is 2.48. The number of amides is 8. The number of hydrogen-bond donors (Lipinski definition) is 0. The molecule has 8 aromatic rings. The van der Waals surface area contributed by atoms with Crippen molar-refractivity contribution in [2.45, 2.75) is 285 Å². The fourth-order valence-corrected chi connectivity index (χ4v) is 16.6. The lowest BCUT2D eigenvalue weighted by atomic mass is 10.0. The lowest BCUT2D eigenvalue weighted by Crippen LogP contribution is -2.41. The van der Waals surface area contributed by atoms with E-state index >= 15 is 0 Å². The smallest absolute Gasteiger partial charge is 0.416 e. The standard InChI is InChI=1S/C14H15BrF3NO2.2C14H16F3NO2.C14H19NO2.C13H16ClNO2.2C13H17NO2.C12H16N2O2/c1-13(2,3)19-7-11(21-12(19)20)8-4-9(14(16,17)18)6-10(15)5-8;1-13(2,3)18-8-11(20-12(18)19)9-4-6-10(7-5-9)14(15,16)17;1-13(2,3)18-8-11(20-12(18)19)9-5-4-6-10(7-9)14(15,16)17;1-10-7-5-6-8-11(10)12-9-15(13(16)17-12)14(2,3)4;1-13(2,3)15-8-11(17-12(15)16)9-6-4-5-7-10(9)14;2*1-13(2,3)14-9-11(16-12(14)15)10-7-5-4-6-8-10;1-12(2,3)14-8-10(16-11(14)15)9-5-4-6-13-7-9/h4-6,11H,7H2,1-3H3;2*4-7,11H,8H2,1-3H3;5-8,12H,9H2,1-4H3;4-7,11H,8H2,1-3H3;2*4-8,11H,9H2,1-3H3;4-7,10H,8H2,1-3H3/t;;;;;2*11-;/m.....10./s1. The van der Waals surface area contributed by atoms with Crippen molar-refractivity contribution in [1.82, 2.24) is 44.2 Å². The highest BCUT2D eigenvalue weighted by Crippen LogP contribution is 2.44. The van der Waals surface area contributed by atoms with E-state index in [-0.39, 0.29) is 107 Å². The molecule has 0 bridgehead atoms. The molecule has 0 saturated carbocycles. The molecule has 6 unspecified atom stereocenters. The minimum Gasteiger partial charge on any atom is -0.439 e. The molecule has 8 aliphatic heterocycles. The van der Waals surface area contributed by atoms with Crippen molar-refractivity contribution in [3.05, 3.63) is 277 Å². The van der Waals surface area contributed by atoms with Crippen LogP contribution in [0.2, 0.25) is 5.02 Å². The van der Waals surface area contributed by atoms with Crippen LogP contribution in [0.25, 0.3) is 0 Å². The Bertz CT molecular complexity index is 5430. The van der Waals surface area contributed by atoms with Gasteiger partial charge in [-0.1, -0.05) is 161 Å². The number of hydrogen-bond acceptors (Lipinski definition) is 17. The average Bonchev–Trinajstić information content (AvgIpc) is 1.64. The quantitative estimate of drug-likeness (QED) is 0.101. The summed E-state index contributed by atoms with van der Waals surface area (Å²) < 4.78 is 157. The van der Waals surface area contributed by atoms with Gasteiger partial charge < -0.3 is 37.9 Å². The third kappa shape index (κ3) is 31.5. The van der Waals surface area contributed by atoms with Gasteiger partial charge in [-0.3, -0.25) is 44.2 Å². The van der Waals surface area contributed by atoms with E-state index < -0.39 is 82.9 Å². The number of benzene rings is 7. The van der Waals surface area contributed by atoms with Gasteiger partial charge in [-0.2, -0.15) is 39.5 Å². The molecule has 16 rings (SSSR count). The summed E-state index contributed by atoms with van der Waals surface area (Å²) in [5.74, 6) is 0. The van der Waals surface area contributed by atoms with Crippen molar-refractivity contribution >= 4 is 76.3 Å². The van der Waals surface area contributed by atoms with Crippen molar-refractivity contribution < 1.29 is 116 Å². The number of ether oxygens (including phenoxy) is 8. The maximum atomic E-state index is 12.8. The lowest BCUT2D eigenvalue weighted by molar-refractivity contribution is -0.138. The van der Waals surface area contributed by atoms with E-state index in [1.165, 1.54) is 33.6 Å². The van der Waals surface area contributed by atoms with Crippen molar-refractivity contribution in [3.8, 4) is 0 Å². The molecule has 143 heavy (non-hydrogen) atoms. The molecule has 8 amide bonds. The van der Waals surface area contributed by atoms with Gasteiger partial charge in [0.25, 0.3) is 0 Å². The van der Waals surface area contributed by atoms with Crippen LogP contribution in [0.5, 0.6) is 0 Å². The number of carbonyl (C=O) groups is 8. The second kappa shape index (κ2) is 45.5. The maximum absolute atomic E-state index is 12.8. The largest absolute Gasteiger partial charge is 0.439 e. The van der Waals surface area contributed by atoms with Gasteiger partial charge in [-0.15, -0.1) is 0 Å². The first-order valence-corrected chi connectivity index (χ1v) is 47.9. The predicted molar refractivity (Wildman–Crippen MR) is 527 cm³/mol. The molecule has 8 aliphatic rings. The summed E-state index contributed by atoms with van der Waals surface area (Å²) in [5.41, 5.74) is 3.04. The van der Waals surface area contributed by atoms with Crippen LogP contribution in [-0.4, -0.2) is 190 Å². The molecule has 0 spiro atoms. The summed E-state index contributed by atoms with van der Waals surface area (Å²) in [7, 11) is 0. The third-order valence-electron chi connectivity index (χ3n) is 24.0. The molecule has 25 nitrogen and oxygen atoms in total. The van der Waals surface area contributed by atoms with E-state index in [0.29, 0.717) is 65.5 Å². The van der Waals surface area contributed by atoms with Gasteiger partial charge in [-0.25, -0.2) is 38.4 Å². The third-order valence-corrected chi connectivity index (χ3v) is 24.8. The van der Waals surface area contributed by atoms with Crippen molar-refractivity contribution in [2.75, 3.05) is 52.4 Å². The van der Waals surface area contributed by atoms with Gasteiger partial charge in [0.2, 0.25) is 0 Å². The van der Waals surface area contributed by atoms with Crippen LogP contribution in [0.3, 0.4) is 0 Å². The van der Waals surface area contributed by atoms with E-state index in [0.717, 1.165) is 64.2 Å². The molecular formula is C107H132BrClF9N9O16. The maximum Gasteiger partial charge on any atom is 0.416 e. The first kappa shape index (κ1) is 115. The Morgan fingerprint density at radius 3 is 0.832 bits per heavy atom. The molecular weight excluding hydrogens is 1950 g/mol. The van der Waals surface area contributed by atoms with Crippen LogP contribution in [0, 0.1) is 6.92 Å². The number of aryl methyl sites for hydroxylation is 1. The van der Waals surface area contributed by atoms with Gasteiger partial charge >= 0.3 is 67.3 Å². The molecule has 8 saturated heterocycles. The van der Waals surface area contributed by atoms with Gasteiger partial charge in [0, 0.05) is 77.3 Å². The normalized spacial score (nSPS) is 20.5. The minimum atomic E-state index is -4.44. The summed E-state index contributed by atoms with van der Waals surface area (Å²) in [6.45, 7) is 52.8. The van der Waals surface area contributed by atoms with Crippen LogP contribution >= 0.6 is 27.5 Å². The molecule has 9 heterocycles. The molecule has 0 N–H and O–H groups in total. The first-order chi connectivity index (χ1) is 65.9. The Hall–Kier alpha value is -12.0. The Morgan fingerprint density at radius 2 is 0.524 bits per heavy atom. The first-order valence-electron chi connectivity index (χ1n) is 46.8. The topological polar surface area (TPSA) is 249 Å². The van der Waals surface area contributed by atoms with E-state index in [4.69, 9.17) is 49.5 Å². The molecule has 1 aromatic heterocycles. The number of alkyl halides is 9. The van der Waals surface area contributed by atoms with Crippen molar-refractivity contribution in [1.29, 1.82) is 0 Å². The molecule has 8 fully saturated rings. The second-order valence-electron chi connectivity index (χ2n) is 43.2. The van der Waals surface area contributed by atoms with Gasteiger partial charge in [0.05, 0.1) is 69.0 Å².